The largest absolute Gasteiger partial charge is 0.402 e. The zero-order chi connectivity index (χ0) is 16.4. The zero-order valence-electron chi connectivity index (χ0n) is 11.2. The minimum absolute atomic E-state index is 0.0428. The van der Waals surface area contributed by atoms with Gasteiger partial charge in [-0.25, -0.2) is 0 Å². The van der Waals surface area contributed by atoms with Crippen LogP contribution in [-0.2, 0) is 0 Å². The number of halogens is 7. The van der Waals surface area contributed by atoms with Gasteiger partial charge in [-0.15, -0.1) is 0 Å². The fraction of sp³-hybridized carbons (Fsp3) is 0.538. The van der Waals surface area contributed by atoms with Crippen LogP contribution >= 0.6 is 11.6 Å². The van der Waals surface area contributed by atoms with Crippen LogP contribution in [-0.4, -0.2) is 18.9 Å². The van der Waals surface area contributed by atoms with Crippen molar-refractivity contribution in [3.63, 3.8) is 0 Å². The summed E-state index contributed by atoms with van der Waals surface area (Å²) < 4.78 is 77.2. The Kier molecular flexibility index (Phi) is 5.55. The number of benzene rings is 1. The second-order valence-corrected chi connectivity index (χ2v) is 5.01. The van der Waals surface area contributed by atoms with Crippen LogP contribution in [0, 0.1) is 12.8 Å². The maximum Gasteiger partial charge on any atom is 0.402 e. The van der Waals surface area contributed by atoms with Gasteiger partial charge < -0.3 is 5.32 Å². The summed E-state index contributed by atoms with van der Waals surface area (Å²) in [7, 11) is 0. The first-order valence-electron chi connectivity index (χ1n) is 6.11. The van der Waals surface area contributed by atoms with Crippen LogP contribution in [0.5, 0.6) is 0 Å². The first-order valence-corrected chi connectivity index (χ1v) is 6.49. The molecule has 1 nitrogen and oxygen atoms in total. The standard InChI is InChI=1S/C13H14ClF6N/c1-3-21-10(8-5-4-7(2)9(14)6-8)11(12(15,16)17)13(18,19)20/h4-6,10-11,21H,3H2,1-2H3. The molecule has 0 aliphatic carbocycles. The van der Waals surface area contributed by atoms with Crippen LogP contribution in [0.25, 0.3) is 0 Å². The van der Waals surface area contributed by atoms with Gasteiger partial charge in [0.25, 0.3) is 0 Å². The van der Waals surface area contributed by atoms with Gasteiger partial charge in [0.15, 0.2) is 5.92 Å². The van der Waals surface area contributed by atoms with Crippen molar-refractivity contribution in [3.8, 4) is 0 Å². The van der Waals surface area contributed by atoms with E-state index in [9.17, 15) is 26.3 Å². The normalized spacial score (nSPS) is 14.6. The third-order valence-corrected chi connectivity index (χ3v) is 3.42. The van der Waals surface area contributed by atoms with E-state index in [-0.39, 0.29) is 17.1 Å². The van der Waals surface area contributed by atoms with Crippen molar-refractivity contribution in [1.29, 1.82) is 0 Å². The number of hydrogen-bond donors (Lipinski definition) is 1. The molecule has 120 valence electrons. The zero-order valence-corrected chi connectivity index (χ0v) is 12.0. The monoisotopic (exact) mass is 333 g/mol. The van der Waals surface area contributed by atoms with E-state index in [1.54, 1.807) is 6.92 Å². The van der Waals surface area contributed by atoms with Gasteiger partial charge in [-0.3, -0.25) is 0 Å². The summed E-state index contributed by atoms with van der Waals surface area (Å²) in [6.07, 6.45) is -10.8. The Morgan fingerprint density at radius 3 is 2.00 bits per heavy atom. The molecule has 1 N–H and O–H groups in total. The number of nitrogens with one attached hydrogen (secondary N) is 1. The summed E-state index contributed by atoms with van der Waals surface area (Å²) in [5.41, 5.74) is 0.429. The van der Waals surface area contributed by atoms with Gasteiger partial charge in [-0.1, -0.05) is 30.7 Å². The lowest BCUT2D eigenvalue weighted by molar-refractivity contribution is -0.292. The van der Waals surface area contributed by atoms with Crippen molar-refractivity contribution in [3.05, 3.63) is 34.3 Å². The Hall–Kier alpha value is -0.950. The van der Waals surface area contributed by atoms with Gasteiger partial charge in [0.1, 0.15) is 0 Å². The Morgan fingerprint density at radius 1 is 1.10 bits per heavy atom. The lowest BCUT2D eigenvalue weighted by Gasteiger charge is -2.31. The second kappa shape index (κ2) is 6.44. The number of aryl methyl sites for hydroxylation is 1. The van der Waals surface area contributed by atoms with Gasteiger partial charge in [0.2, 0.25) is 0 Å². The minimum atomic E-state index is -5.41. The molecule has 0 amide bonds. The van der Waals surface area contributed by atoms with Crippen molar-refractivity contribution < 1.29 is 26.3 Å². The van der Waals surface area contributed by atoms with E-state index in [4.69, 9.17) is 11.6 Å². The Bertz CT molecular complexity index is 469. The second-order valence-electron chi connectivity index (χ2n) is 4.60. The molecule has 1 unspecified atom stereocenters. The molecule has 0 saturated heterocycles. The molecular weight excluding hydrogens is 320 g/mol. The maximum atomic E-state index is 12.9. The van der Waals surface area contributed by atoms with Crippen LogP contribution in [0.2, 0.25) is 5.02 Å². The van der Waals surface area contributed by atoms with E-state index in [0.717, 1.165) is 6.07 Å². The third-order valence-electron chi connectivity index (χ3n) is 3.02. The van der Waals surface area contributed by atoms with E-state index in [1.165, 1.54) is 19.1 Å². The maximum absolute atomic E-state index is 12.9. The highest BCUT2D eigenvalue weighted by atomic mass is 35.5. The first kappa shape index (κ1) is 18.1. The summed E-state index contributed by atoms with van der Waals surface area (Å²) in [5, 5.41) is 2.38. The van der Waals surface area contributed by atoms with Crippen molar-refractivity contribution >= 4 is 11.6 Å². The van der Waals surface area contributed by atoms with Gasteiger partial charge >= 0.3 is 12.4 Å². The molecule has 21 heavy (non-hydrogen) atoms. The molecule has 1 atom stereocenters. The molecule has 1 aromatic carbocycles. The highest BCUT2D eigenvalue weighted by Crippen LogP contribution is 2.46. The molecule has 1 rings (SSSR count). The van der Waals surface area contributed by atoms with Gasteiger partial charge in [-0.2, -0.15) is 26.3 Å². The molecule has 1 aromatic rings. The Morgan fingerprint density at radius 2 is 1.62 bits per heavy atom. The molecular formula is C13H14ClF6N. The number of hydrogen-bond acceptors (Lipinski definition) is 1. The Labute approximate surface area is 123 Å². The van der Waals surface area contributed by atoms with Crippen molar-refractivity contribution in [2.24, 2.45) is 5.92 Å². The fourth-order valence-corrected chi connectivity index (χ4v) is 2.20. The van der Waals surface area contributed by atoms with E-state index >= 15 is 0 Å². The molecule has 0 aliphatic heterocycles. The van der Waals surface area contributed by atoms with Crippen LogP contribution < -0.4 is 5.32 Å². The van der Waals surface area contributed by atoms with Crippen LogP contribution in [0.15, 0.2) is 18.2 Å². The predicted molar refractivity (Wildman–Crippen MR) is 68.2 cm³/mol. The Balaban J connectivity index is 3.34. The van der Waals surface area contributed by atoms with E-state index in [1.807, 2.05) is 0 Å². The van der Waals surface area contributed by atoms with Gasteiger partial charge in [0.05, 0.1) is 6.04 Å². The molecule has 0 aliphatic rings. The summed E-state index contributed by atoms with van der Waals surface area (Å²) in [4.78, 5) is 0. The lowest BCUT2D eigenvalue weighted by atomic mass is 9.91. The van der Waals surface area contributed by atoms with E-state index in [2.05, 4.69) is 5.32 Å². The highest BCUT2D eigenvalue weighted by molar-refractivity contribution is 6.31. The highest BCUT2D eigenvalue weighted by Gasteiger charge is 2.60. The number of rotatable bonds is 4. The van der Waals surface area contributed by atoms with Gasteiger partial charge in [-0.05, 0) is 30.7 Å². The van der Waals surface area contributed by atoms with E-state index in [0.29, 0.717) is 5.56 Å². The molecule has 0 heterocycles. The quantitative estimate of drug-likeness (QED) is 0.761. The molecule has 0 saturated carbocycles. The average Bonchev–Trinajstić information content (AvgIpc) is 2.28. The van der Waals surface area contributed by atoms with Crippen LogP contribution in [0.1, 0.15) is 24.1 Å². The fourth-order valence-electron chi connectivity index (χ4n) is 2.01. The van der Waals surface area contributed by atoms with Gasteiger partial charge in [0, 0.05) is 5.02 Å². The molecule has 0 aromatic heterocycles. The van der Waals surface area contributed by atoms with Crippen molar-refractivity contribution in [2.45, 2.75) is 32.2 Å². The minimum Gasteiger partial charge on any atom is -0.309 e. The topological polar surface area (TPSA) is 12.0 Å². The molecule has 0 radical (unpaired) electrons. The molecule has 8 heteroatoms. The first-order chi connectivity index (χ1) is 9.48. The summed E-state index contributed by atoms with van der Waals surface area (Å²) in [6, 6.07) is 1.81. The summed E-state index contributed by atoms with van der Waals surface area (Å²) in [6.45, 7) is 3.00. The number of alkyl halides is 6. The van der Waals surface area contributed by atoms with Crippen LogP contribution in [0.4, 0.5) is 26.3 Å². The molecule has 0 fully saturated rings. The summed E-state index contributed by atoms with van der Waals surface area (Å²) >= 11 is 5.80. The third kappa shape index (κ3) is 4.51. The van der Waals surface area contributed by atoms with Crippen molar-refractivity contribution in [1.82, 2.24) is 5.32 Å². The molecule has 0 spiro atoms. The van der Waals surface area contributed by atoms with Crippen LogP contribution in [0.3, 0.4) is 0 Å². The lowest BCUT2D eigenvalue weighted by Crippen LogP contribution is -2.45. The summed E-state index contributed by atoms with van der Waals surface area (Å²) in [5.74, 6) is -3.50. The average molecular weight is 334 g/mol. The molecule has 0 bridgehead atoms. The smallest absolute Gasteiger partial charge is 0.309 e. The van der Waals surface area contributed by atoms with Crippen molar-refractivity contribution in [2.75, 3.05) is 6.54 Å². The SMILES string of the molecule is CCNC(c1ccc(C)c(Cl)c1)C(C(F)(F)F)C(F)(F)F. The predicted octanol–water partition coefficient (Wildman–Crippen LogP) is 5.04. The van der Waals surface area contributed by atoms with E-state index < -0.39 is 24.3 Å².